The van der Waals surface area contributed by atoms with Crippen LogP contribution in [0.5, 0.6) is 0 Å². The Balaban J connectivity index is 1.48. The third-order valence-corrected chi connectivity index (χ3v) is 6.51. The van der Waals surface area contributed by atoms with Crippen molar-refractivity contribution in [1.82, 2.24) is 15.1 Å². The number of ether oxygens (including phenoxy) is 1. The van der Waals surface area contributed by atoms with Crippen LogP contribution < -0.4 is 0 Å². The number of hydrogen-bond donors (Lipinski definition) is 0. The molecule has 2 heterocycles. The number of benzene rings is 1. The number of rotatable bonds is 4. The van der Waals surface area contributed by atoms with Crippen LogP contribution in [0.1, 0.15) is 36.4 Å². The van der Waals surface area contributed by atoms with E-state index in [9.17, 15) is 13.6 Å². The molecule has 5 nitrogen and oxygen atoms in total. The predicted molar refractivity (Wildman–Crippen MR) is 97.6 cm³/mol. The minimum absolute atomic E-state index is 0.111. The van der Waals surface area contributed by atoms with Gasteiger partial charge in [-0.05, 0) is 48.9 Å². The van der Waals surface area contributed by atoms with Crippen LogP contribution in [0.2, 0.25) is 0 Å². The molecule has 2 aliphatic carbocycles. The van der Waals surface area contributed by atoms with Gasteiger partial charge in [0.25, 0.3) is 0 Å². The molecular formula is C21H21F2N3O2. The molecule has 1 saturated carbocycles. The number of aromatic nitrogens is 2. The van der Waals surface area contributed by atoms with Crippen LogP contribution >= 0.6 is 0 Å². The summed E-state index contributed by atoms with van der Waals surface area (Å²) in [7, 11) is 1.67. The summed E-state index contributed by atoms with van der Waals surface area (Å²) < 4.78 is 33.5. The Morgan fingerprint density at radius 3 is 2.75 bits per heavy atom. The number of carbonyl (C=O) groups is 1. The zero-order valence-electron chi connectivity index (χ0n) is 15.6. The first-order chi connectivity index (χ1) is 13.5. The van der Waals surface area contributed by atoms with E-state index in [1.165, 1.54) is 18.2 Å². The molecular weight excluding hydrogens is 364 g/mol. The van der Waals surface area contributed by atoms with Crippen molar-refractivity contribution in [3.8, 4) is 11.3 Å². The zero-order valence-corrected chi connectivity index (χ0v) is 15.6. The highest BCUT2D eigenvalue weighted by Gasteiger charge is 2.58. The molecule has 28 heavy (non-hydrogen) atoms. The molecule has 7 heteroatoms. The highest BCUT2D eigenvalue weighted by molar-refractivity contribution is 5.91. The number of hydrogen-bond acceptors (Lipinski definition) is 4. The first kappa shape index (κ1) is 17.7. The van der Waals surface area contributed by atoms with Crippen LogP contribution in [-0.2, 0) is 14.9 Å². The van der Waals surface area contributed by atoms with Crippen molar-refractivity contribution in [3.05, 3.63) is 47.2 Å². The molecule has 146 valence electrons. The van der Waals surface area contributed by atoms with Gasteiger partial charge in [-0.2, -0.15) is 5.10 Å². The lowest BCUT2D eigenvalue weighted by atomic mass is 9.80. The van der Waals surface area contributed by atoms with Crippen molar-refractivity contribution in [2.24, 2.45) is 5.92 Å². The maximum atomic E-state index is 14.2. The summed E-state index contributed by atoms with van der Waals surface area (Å²) in [5.41, 5.74) is 1.02. The minimum Gasteiger partial charge on any atom is -0.384 e. The number of fused-ring (bicyclic) bond motifs is 5. The molecule has 0 N–H and O–H groups in total. The molecule has 1 aromatic carbocycles. The number of likely N-dealkylation sites (tertiary alicyclic amines) is 1. The number of halogens is 2. The minimum atomic E-state index is -0.659. The lowest BCUT2D eigenvalue weighted by Gasteiger charge is -2.43. The van der Waals surface area contributed by atoms with E-state index < -0.39 is 17.0 Å². The summed E-state index contributed by atoms with van der Waals surface area (Å²) >= 11 is 0. The lowest BCUT2D eigenvalue weighted by Crippen LogP contribution is -2.57. The largest absolute Gasteiger partial charge is 0.384 e. The normalized spacial score (nSPS) is 25.7. The average molecular weight is 385 g/mol. The molecule has 2 bridgehead atoms. The van der Waals surface area contributed by atoms with Gasteiger partial charge in [-0.1, -0.05) is 6.07 Å². The van der Waals surface area contributed by atoms with Gasteiger partial charge in [0.2, 0.25) is 5.91 Å². The molecule has 2 atom stereocenters. The zero-order chi connectivity index (χ0) is 19.5. The third kappa shape index (κ3) is 2.42. The van der Waals surface area contributed by atoms with E-state index in [-0.39, 0.29) is 23.1 Å². The van der Waals surface area contributed by atoms with Crippen molar-refractivity contribution >= 4 is 5.91 Å². The van der Waals surface area contributed by atoms with Gasteiger partial charge in [0.05, 0.1) is 29.0 Å². The molecule has 0 spiro atoms. The molecule has 2 fully saturated rings. The molecule has 1 amide bonds. The second-order valence-electron chi connectivity index (χ2n) is 8.18. The van der Waals surface area contributed by atoms with E-state index in [4.69, 9.17) is 4.74 Å². The van der Waals surface area contributed by atoms with Crippen LogP contribution in [0.3, 0.4) is 0 Å². The molecule has 3 aliphatic rings. The average Bonchev–Trinajstić information content (AvgIpc) is 3.22. The van der Waals surface area contributed by atoms with Crippen LogP contribution in [0, 0.1) is 17.6 Å². The topological polar surface area (TPSA) is 55.3 Å². The Bertz CT molecular complexity index is 940. The van der Waals surface area contributed by atoms with E-state index >= 15 is 0 Å². The number of amides is 1. The Labute approximate surface area is 161 Å². The SMILES string of the molecule is COCC1CN(C(=O)[C@]23CC[C@H](C2)c2cc(-c4c(F)cccc4F)nnc23)C1. The Morgan fingerprint density at radius 1 is 1.29 bits per heavy atom. The summed E-state index contributed by atoms with van der Waals surface area (Å²) in [6.07, 6.45) is 2.36. The monoisotopic (exact) mass is 385 g/mol. The van der Waals surface area contributed by atoms with Crippen molar-refractivity contribution < 1.29 is 18.3 Å². The first-order valence-corrected chi connectivity index (χ1v) is 9.64. The summed E-state index contributed by atoms with van der Waals surface area (Å²) in [4.78, 5) is 15.2. The summed E-state index contributed by atoms with van der Waals surface area (Å²) in [6, 6.07) is 5.48. The molecule has 2 aromatic rings. The highest BCUT2D eigenvalue weighted by Crippen LogP contribution is 2.57. The molecule has 1 aliphatic heterocycles. The molecule has 1 saturated heterocycles. The Hall–Kier alpha value is -2.41. The van der Waals surface area contributed by atoms with Gasteiger partial charge < -0.3 is 9.64 Å². The van der Waals surface area contributed by atoms with Gasteiger partial charge in [0, 0.05) is 26.1 Å². The maximum Gasteiger partial charge on any atom is 0.234 e. The molecule has 5 rings (SSSR count). The first-order valence-electron chi connectivity index (χ1n) is 9.64. The fourth-order valence-electron chi connectivity index (χ4n) is 5.15. The number of nitrogens with zero attached hydrogens (tertiary/aromatic N) is 3. The molecule has 0 unspecified atom stereocenters. The highest BCUT2D eigenvalue weighted by atomic mass is 19.1. The van der Waals surface area contributed by atoms with E-state index in [1.54, 1.807) is 13.2 Å². The second-order valence-corrected chi connectivity index (χ2v) is 8.18. The quantitative estimate of drug-likeness (QED) is 0.812. The fraction of sp³-hybridized carbons (Fsp3) is 0.476. The van der Waals surface area contributed by atoms with Crippen molar-refractivity contribution in [3.63, 3.8) is 0 Å². The second kappa shape index (κ2) is 6.30. The lowest BCUT2D eigenvalue weighted by molar-refractivity contribution is -0.145. The van der Waals surface area contributed by atoms with E-state index in [2.05, 4.69) is 10.2 Å². The van der Waals surface area contributed by atoms with Gasteiger partial charge in [-0.3, -0.25) is 4.79 Å². The predicted octanol–water partition coefficient (Wildman–Crippen LogP) is 3.05. The van der Waals surface area contributed by atoms with Crippen LogP contribution in [0.4, 0.5) is 8.78 Å². The number of carbonyl (C=O) groups excluding carboxylic acids is 1. The standard InChI is InChI=1S/C21H21F2N3O2/c1-28-11-12-9-26(10-12)20(27)21-6-5-13(8-21)14-7-17(24-25-19(14)21)18-15(22)3-2-4-16(18)23/h2-4,7,12-13H,5-6,8-11H2,1H3/t13-,21-/m1/s1. The van der Waals surface area contributed by atoms with E-state index in [1.807, 2.05) is 4.90 Å². The fourth-order valence-corrected chi connectivity index (χ4v) is 5.15. The van der Waals surface area contributed by atoms with E-state index in [0.717, 1.165) is 18.4 Å². The van der Waals surface area contributed by atoms with Crippen molar-refractivity contribution in [1.29, 1.82) is 0 Å². The number of methoxy groups -OCH3 is 1. The summed E-state index contributed by atoms with van der Waals surface area (Å²) in [5.74, 6) is -0.624. The van der Waals surface area contributed by atoms with E-state index in [0.29, 0.717) is 37.7 Å². The Kier molecular flexibility index (Phi) is 3.98. The van der Waals surface area contributed by atoms with Gasteiger partial charge >= 0.3 is 0 Å². The Morgan fingerprint density at radius 2 is 2.04 bits per heavy atom. The third-order valence-electron chi connectivity index (χ3n) is 6.51. The maximum absolute atomic E-state index is 14.2. The van der Waals surface area contributed by atoms with Crippen LogP contribution in [0.15, 0.2) is 24.3 Å². The molecule has 1 aromatic heterocycles. The van der Waals surface area contributed by atoms with Crippen LogP contribution in [0.25, 0.3) is 11.3 Å². The van der Waals surface area contributed by atoms with Crippen molar-refractivity contribution in [2.75, 3.05) is 26.8 Å². The summed E-state index contributed by atoms with van der Waals surface area (Å²) in [6.45, 7) is 2.08. The van der Waals surface area contributed by atoms with Crippen LogP contribution in [-0.4, -0.2) is 47.8 Å². The van der Waals surface area contributed by atoms with Gasteiger partial charge in [0.15, 0.2) is 0 Å². The van der Waals surface area contributed by atoms with Gasteiger partial charge in [-0.15, -0.1) is 5.10 Å². The van der Waals surface area contributed by atoms with Gasteiger partial charge in [0.1, 0.15) is 11.6 Å². The van der Waals surface area contributed by atoms with Gasteiger partial charge in [-0.25, -0.2) is 8.78 Å². The van der Waals surface area contributed by atoms with Crippen molar-refractivity contribution in [2.45, 2.75) is 30.6 Å². The smallest absolute Gasteiger partial charge is 0.234 e. The summed E-state index contributed by atoms with van der Waals surface area (Å²) in [5, 5.41) is 8.45. The molecule has 0 radical (unpaired) electrons.